The predicted molar refractivity (Wildman–Crippen MR) is 121 cm³/mol. The van der Waals surface area contributed by atoms with Crippen molar-refractivity contribution < 1.29 is 14.0 Å². The summed E-state index contributed by atoms with van der Waals surface area (Å²) in [4.78, 5) is 36.9. The van der Waals surface area contributed by atoms with Crippen molar-refractivity contribution in [2.45, 2.75) is 70.8 Å². The zero-order valence-corrected chi connectivity index (χ0v) is 18.6. The van der Waals surface area contributed by atoms with Gasteiger partial charge in [-0.15, -0.1) is 0 Å². The Balaban J connectivity index is 1.46. The molecule has 7 heteroatoms. The van der Waals surface area contributed by atoms with E-state index < -0.39 is 0 Å². The molecule has 32 heavy (non-hydrogen) atoms. The summed E-state index contributed by atoms with van der Waals surface area (Å²) >= 11 is 0. The van der Waals surface area contributed by atoms with Crippen LogP contribution in [-0.2, 0) is 4.79 Å². The number of aromatic nitrogens is 2. The van der Waals surface area contributed by atoms with Crippen LogP contribution < -0.4 is 5.32 Å². The number of aryl methyl sites for hydroxylation is 1. The van der Waals surface area contributed by atoms with Gasteiger partial charge >= 0.3 is 0 Å². The zero-order chi connectivity index (χ0) is 22.5. The molecule has 1 aromatic heterocycles. The lowest BCUT2D eigenvalue weighted by molar-refractivity contribution is -0.136. The monoisotopic (exact) mass is 438 g/mol. The van der Waals surface area contributed by atoms with Crippen LogP contribution in [0.2, 0.25) is 0 Å². The van der Waals surface area contributed by atoms with Gasteiger partial charge in [-0.2, -0.15) is 0 Å². The molecule has 1 aliphatic carbocycles. The number of carbonyl (C=O) groups is 2. The lowest BCUT2D eigenvalue weighted by atomic mass is 9.86. The molecule has 2 heterocycles. The van der Waals surface area contributed by atoms with E-state index in [0.717, 1.165) is 38.6 Å². The quantitative estimate of drug-likeness (QED) is 0.696. The molecule has 170 valence electrons. The fourth-order valence-electron chi connectivity index (χ4n) is 4.85. The molecule has 0 bridgehead atoms. The van der Waals surface area contributed by atoms with Crippen molar-refractivity contribution in [1.29, 1.82) is 0 Å². The highest BCUT2D eigenvalue weighted by Gasteiger charge is 2.31. The van der Waals surface area contributed by atoms with Crippen LogP contribution in [0.15, 0.2) is 30.5 Å². The Morgan fingerprint density at radius 3 is 2.50 bits per heavy atom. The van der Waals surface area contributed by atoms with Crippen molar-refractivity contribution in [3.8, 4) is 0 Å². The molecule has 1 atom stereocenters. The number of hydrogen-bond acceptors (Lipinski definition) is 4. The van der Waals surface area contributed by atoms with E-state index in [4.69, 9.17) is 0 Å². The van der Waals surface area contributed by atoms with Crippen LogP contribution in [0.25, 0.3) is 0 Å². The van der Waals surface area contributed by atoms with E-state index in [1.165, 1.54) is 49.7 Å². The van der Waals surface area contributed by atoms with Gasteiger partial charge in [-0.05, 0) is 69.2 Å². The van der Waals surface area contributed by atoms with Crippen LogP contribution in [0.1, 0.15) is 85.7 Å². The van der Waals surface area contributed by atoms with Crippen LogP contribution in [0.4, 0.5) is 10.1 Å². The maximum absolute atomic E-state index is 13.1. The average molecular weight is 439 g/mol. The van der Waals surface area contributed by atoms with Gasteiger partial charge in [-0.1, -0.05) is 19.3 Å². The van der Waals surface area contributed by atoms with Crippen molar-refractivity contribution in [2.75, 3.05) is 11.9 Å². The largest absolute Gasteiger partial charge is 0.332 e. The fourth-order valence-corrected chi connectivity index (χ4v) is 4.85. The topological polar surface area (TPSA) is 75.2 Å². The predicted octanol–water partition coefficient (Wildman–Crippen LogP) is 5.20. The van der Waals surface area contributed by atoms with E-state index in [-0.39, 0.29) is 23.7 Å². The number of nitrogens with one attached hydrogen (secondary N) is 1. The van der Waals surface area contributed by atoms with Crippen molar-refractivity contribution in [2.24, 2.45) is 5.92 Å². The Bertz CT molecular complexity index is 957. The summed E-state index contributed by atoms with van der Waals surface area (Å²) in [5.74, 6) is 0.619. The third-order valence-corrected chi connectivity index (χ3v) is 6.65. The average Bonchev–Trinajstić information content (AvgIpc) is 2.81. The van der Waals surface area contributed by atoms with Crippen LogP contribution in [0.3, 0.4) is 0 Å². The maximum Gasteiger partial charge on any atom is 0.259 e. The molecule has 1 aliphatic heterocycles. The number of halogens is 1. The molecule has 0 radical (unpaired) electrons. The van der Waals surface area contributed by atoms with Gasteiger partial charge in [0.2, 0.25) is 5.91 Å². The summed E-state index contributed by atoms with van der Waals surface area (Å²) in [5.41, 5.74) is 1.44. The second kappa shape index (κ2) is 10.2. The van der Waals surface area contributed by atoms with E-state index in [1.807, 2.05) is 4.90 Å². The molecule has 1 N–H and O–H groups in total. The lowest BCUT2D eigenvalue weighted by Gasteiger charge is -2.36. The van der Waals surface area contributed by atoms with Crippen LogP contribution in [-0.4, -0.2) is 33.2 Å². The second-order valence-electron chi connectivity index (χ2n) is 9.00. The Morgan fingerprint density at radius 2 is 1.78 bits per heavy atom. The fraction of sp³-hybridized carbons (Fsp3) is 0.520. The minimum absolute atomic E-state index is 0.132. The first kappa shape index (κ1) is 22.4. The summed E-state index contributed by atoms with van der Waals surface area (Å²) in [7, 11) is 0. The first-order chi connectivity index (χ1) is 15.5. The standard InChI is InChI=1S/C25H31FN4O2/c1-17-21(25(32)29-20-12-10-19(26)11-13-20)16-27-24(28-17)22-9-5-6-14-30(22)23(31)15-18-7-3-2-4-8-18/h10-13,16,18,22H,2-9,14-15H2,1H3,(H,29,32). The van der Waals surface area contributed by atoms with Crippen molar-refractivity contribution in [1.82, 2.24) is 14.9 Å². The number of nitrogens with zero attached hydrogens (tertiary/aromatic N) is 3. The maximum atomic E-state index is 13.1. The van der Waals surface area contributed by atoms with E-state index in [9.17, 15) is 14.0 Å². The molecule has 2 amide bonds. The molecule has 2 fully saturated rings. The van der Waals surface area contributed by atoms with Crippen molar-refractivity contribution in [3.63, 3.8) is 0 Å². The molecule has 2 aliphatic rings. The van der Waals surface area contributed by atoms with Crippen LogP contribution >= 0.6 is 0 Å². The van der Waals surface area contributed by atoms with Gasteiger partial charge in [0.15, 0.2) is 5.82 Å². The summed E-state index contributed by atoms with van der Waals surface area (Å²) in [6.07, 6.45) is 11.1. The SMILES string of the molecule is Cc1nc(C2CCCCN2C(=O)CC2CCCCC2)ncc1C(=O)Nc1ccc(F)cc1. The van der Waals surface area contributed by atoms with Gasteiger partial charge in [-0.25, -0.2) is 14.4 Å². The van der Waals surface area contributed by atoms with Crippen molar-refractivity contribution >= 4 is 17.5 Å². The van der Waals surface area contributed by atoms with E-state index >= 15 is 0 Å². The molecule has 1 unspecified atom stereocenters. The molecule has 1 saturated carbocycles. The lowest BCUT2D eigenvalue weighted by Crippen LogP contribution is -2.40. The Labute approximate surface area is 188 Å². The zero-order valence-electron chi connectivity index (χ0n) is 18.6. The highest BCUT2D eigenvalue weighted by molar-refractivity contribution is 6.04. The summed E-state index contributed by atoms with van der Waals surface area (Å²) in [5, 5.41) is 2.75. The van der Waals surface area contributed by atoms with Crippen LogP contribution in [0.5, 0.6) is 0 Å². The Morgan fingerprint density at radius 1 is 1.06 bits per heavy atom. The third kappa shape index (κ3) is 5.31. The first-order valence-electron chi connectivity index (χ1n) is 11.7. The Kier molecular flexibility index (Phi) is 7.12. The minimum atomic E-state index is -0.359. The molecular weight excluding hydrogens is 407 g/mol. The molecule has 4 rings (SSSR count). The van der Waals surface area contributed by atoms with Gasteiger partial charge in [0.25, 0.3) is 5.91 Å². The number of rotatable bonds is 5. The normalized spacial score (nSPS) is 19.6. The number of carbonyl (C=O) groups excluding carboxylic acids is 2. The summed E-state index contributed by atoms with van der Waals surface area (Å²) < 4.78 is 13.1. The molecule has 0 spiro atoms. The van der Waals surface area contributed by atoms with E-state index in [0.29, 0.717) is 35.1 Å². The van der Waals surface area contributed by atoms with Crippen LogP contribution in [0, 0.1) is 18.7 Å². The molecular formula is C25H31FN4O2. The van der Waals surface area contributed by atoms with Gasteiger partial charge in [0.05, 0.1) is 17.3 Å². The number of likely N-dealkylation sites (tertiary alicyclic amines) is 1. The molecule has 1 aromatic carbocycles. The number of hydrogen-bond donors (Lipinski definition) is 1. The van der Waals surface area contributed by atoms with Gasteiger partial charge in [0.1, 0.15) is 5.82 Å². The number of piperidine rings is 1. The summed E-state index contributed by atoms with van der Waals surface area (Å²) in [6.45, 7) is 2.52. The molecule has 1 saturated heterocycles. The minimum Gasteiger partial charge on any atom is -0.332 e. The van der Waals surface area contributed by atoms with Gasteiger partial charge in [0, 0.05) is 24.8 Å². The molecule has 6 nitrogen and oxygen atoms in total. The van der Waals surface area contributed by atoms with E-state index in [2.05, 4.69) is 15.3 Å². The van der Waals surface area contributed by atoms with Crippen molar-refractivity contribution in [3.05, 3.63) is 53.4 Å². The first-order valence-corrected chi connectivity index (χ1v) is 11.7. The van der Waals surface area contributed by atoms with Gasteiger partial charge in [-0.3, -0.25) is 9.59 Å². The summed E-state index contributed by atoms with van der Waals surface area (Å²) in [6, 6.07) is 5.48. The molecule has 2 aromatic rings. The van der Waals surface area contributed by atoms with E-state index in [1.54, 1.807) is 6.92 Å². The smallest absolute Gasteiger partial charge is 0.259 e. The highest BCUT2D eigenvalue weighted by atomic mass is 19.1. The third-order valence-electron chi connectivity index (χ3n) is 6.65. The van der Waals surface area contributed by atoms with Gasteiger partial charge < -0.3 is 10.2 Å². The highest BCUT2D eigenvalue weighted by Crippen LogP contribution is 2.33. The number of benzene rings is 1. The number of amides is 2. The second-order valence-corrected chi connectivity index (χ2v) is 9.00. The number of anilines is 1. The Hall–Kier alpha value is -2.83.